The topological polar surface area (TPSA) is 90.1 Å². The maximum absolute atomic E-state index is 12.0. The standard InChI is InChI=1S/C11H18N4O2/c1-7-4-10(8(2)15-14-7)11(16)13-9(5-12)6-17-3/h4,9H,5-6,12H2,1-3H3,(H,13,16). The Morgan fingerprint density at radius 2 is 2.24 bits per heavy atom. The fourth-order valence-corrected chi connectivity index (χ4v) is 1.41. The fourth-order valence-electron chi connectivity index (χ4n) is 1.41. The minimum atomic E-state index is -0.201. The summed E-state index contributed by atoms with van der Waals surface area (Å²) in [6.07, 6.45) is 0. The first-order chi connectivity index (χ1) is 8.08. The molecule has 0 aliphatic carbocycles. The lowest BCUT2D eigenvalue weighted by Gasteiger charge is -2.16. The lowest BCUT2D eigenvalue weighted by Crippen LogP contribution is -2.43. The van der Waals surface area contributed by atoms with Crippen molar-refractivity contribution in [3.63, 3.8) is 0 Å². The van der Waals surface area contributed by atoms with Crippen molar-refractivity contribution in [3.8, 4) is 0 Å². The van der Waals surface area contributed by atoms with Crippen molar-refractivity contribution in [2.75, 3.05) is 20.3 Å². The summed E-state index contributed by atoms with van der Waals surface area (Å²) in [5, 5.41) is 10.6. The number of nitrogens with two attached hydrogens (primary N) is 1. The van der Waals surface area contributed by atoms with Gasteiger partial charge in [0.05, 0.1) is 29.6 Å². The van der Waals surface area contributed by atoms with Crippen LogP contribution in [-0.4, -0.2) is 42.4 Å². The van der Waals surface area contributed by atoms with E-state index in [-0.39, 0.29) is 11.9 Å². The molecule has 0 saturated carbocycles. The van der Waals surface area contributed by atoms with Gasteiger partial charge in [0.15, 0.2) is 0 Å². The highest BCUT2D eigenvalue weighted by atomic mass is 16.5. The monoisotopic (exact) mass is 238 g/mol. The number of carbonyl (C=O) groups is 1. The third-order valence-corrected chi connectivity index (χ3v) is 2.33. The van der Waals surface area contributed by atoms with Crippen LogP contribution in [0.3, 0.4) is 0 Å². The number of rotatable bonds is 5. The van der Waals surface area contributed by atoms with Gasteiger partial charge in [0, 0.05) is 13.7 Å². The summed E-state index contributed by atoms with van der Waals surface area (Å²) in [6.45, 7) is 4.25. The SMILES string of the molecule is COCC(CN)NC(=O)c1cc(C)nnc1C. The van der Waals surface area contributed by atoms with Crippen LogP contribution in [0.5, 0.6) is 0 Å². The molecule has 94 valence electrons. The van der Waals surface area contributed by atoms with E-state index in [1.807, 2.05) is 0 Å². The van der Waals surface area contributed by atoms with Crippen molar-refractivity contribution in [1.82, 2.24) is 15.5 Å². The molecule has 0 fully saturated rings. The second-order valence-electron chi connectivity index (χ2n) is 3.85. The molecule has 6 nitrogen and oxygen atoms in total. The van der Waals surface area contributed by atoms with Gasteiger partial charge < -0.3 is 15.8 Å². The Morgan fingerprint density at radius 3 is 2.82 bits per heavy atom. The number of carbonyl (C=O) groups excluding carboxylic acids is 1. The summed E-state index contributed by atoms with van der Waals surface area (Å²) in [4.78, 5) is 12.0. The number of aryl methyl sites for hydroxylation is 2. The van der Waals surface area contributed by atoms with Crippen LogP contribution in [0.15, 0.2) is 6.07 Å². The van der Waals surface area contributed by atoms with E-state index in [1.54, 1.807) is 27.0 Å². The number of nitrogens with one attached hydrogen (secondary N) is 1. The van der Waals surface area contributed by atoms with Crippen molar-refractivity contribution in [3.05, 3.63) is 23.0 Å². The number of methoxy groups -OCH3 is 1. The predicted octanol–water partition coefficient (Wildman–Crippen LogP) is -0.203. The normalized spacial score (nSPS) is 12.2. The number of aromatic nitrogens is 2. The molecular formula is C11H18N4O2. The number of amides is 1. The molecule has 1 amide bonds. The van der Waals surface area contributed by atoms with Crippen molar-refractivity contribution >= 4 is 5.91 Å². The molecule has 0 saturated heterocycles. The molecule has 0 aromatic carbocycles. The van der Waals surface area contributed by atoms with Gasteiger partial charge in [-0.1, -0.05) is 0 Å². The van der Waals surface area contributed by atoms with E-state index in [2.05, 4.69) is 15.5 Å². The summed E-state index contributed by atoms with van der Waals surface area (Å²) in [5.74, 6) is -0.201. The second-order valence-corrected chi connectivity index (χ2v) is 3.85. The number of ether oxygens (including phenoxy) is 1. The van der Waals surface area contributed by atoms with Gasteiger partial charge in [-0.3, -0.25) is 4.79 Å². The lowest BCUT2D eigenvalue weighted by atomic mass is 10.1. The van der Waals surface area contributed by atoms with Gasteiger partial charge in [0.25, 0.3) is 5.91 Å². The Kier molecular flexibility index (Phi) is 4.99. The number of hydrogen-bond acceptors (Lipinski definition) is 5. The van der Waals surface area contributed by atoms with Crippen LogP contribution in [-0.2, 0) is 4.74 Å². The number of nitrogens with zero attached hydrogens (tertiary/aromatic N) is 2. The maximum Gasteiger partial charge on any atom is 0.253 e. The fraction of sp³-hybridized carbons (Fsp3) is 0.545. The summed E-state index contributed by atoms with van der Waals surface area (Å²) < 4.78 is 4.96. The first-order valence-electron chi connectivity index (χ1n) is 5.39. The predicted molar refractivity (Wildman–Crippen MR) is 63.7 cm³/mol. The lowest BCUT2D eigenvalue weighted by molar-refractivity contribution is 0.0899. The van der Waals surface area contributed by atoms with Gasteiger partial charge in [0.2, 0.25) is 0 Å². The van der Waals surface area contributed by atoms with Crippen molar-refractivity contribution in [2.45, 2.75) is 19.9 Å². The van der Waals surface area contributed by atoms with Crippen LogP contribution in [0.2, 0.25) is 0 Å². The summed E-state index contributed by atoms with van der Waals surface area (Å²) >= 11 is 0. The molecule has 1 heterocycles. The van der Waals surface area contributed by atoms with E-state index in [0.29, 0.717) is 30.1 Å². The Balaban J connectivity index is 2.78. The van der Waals surface area contributed by atoms with Crippen LogP contribution in [0.4, 0.5) is 0 Å². The van der Waals surface area contributed by atoms with E-state index in [1.165, 1.54) is 0 Å². The zero-order valence-electron chi connectivity index (χ0n) is 10.4. The molecule has 1 aromatic rings. The molecule has 1 atom stereocenters. The summed E-state index contributed by atoms with van der Waals surface area (Å²) in [7, 11) is 1.57. The van der Waals surface area contributed by atoms with E-state index in [4.69, 9.17) is 10.5 Å². The molecule has 1 aromatic heterocycles. The van der Waals surface area contributed by atoms with Gasteiger partial charge in [-0.25, -0.2) is 0 Å². The van der Waals surface area contributed by atoms with E-state index >= 15 is 0 Å². The minimum absolute atomic E-state index is 0.194. The maximum atomic E-state index is 12.0. The first-order valence-corrected chi connectivity index (χ1v) is 5.39. The molecule has 0 aliphatic heterocycles. The Hall–Kier alpha value is -1.53. The molecule has 0 spiro atoms. The third-order valence-electron chi connectivity index (χ3n) is 2.33. The average molecular weight is 238 g/mol. The Labute approximate surface area is 101 Å². The van der Waals surface area contributed by atoms with Crippen LogP contribution in [0.1, 0.15) is 21.7 Å². The molecule has 1 unspecified atom stereocenters. The van der Waals surface area contributed by atoms with Crippen molar-refractivity contribution in [1.29, 1.82) is 0 Å². The number of hydrogen-bond donors (Lipinski definition) is 2. The van der Waals surface area contributed by atoms with E-state index in [9.17, 15) is 4.79 Å². The van der Waals surface area contributed by atoms with Gasteiger partial charge in [-0.05, 0) is 19.9 Å². The molecule has 3 N–H and O–H groups in total. The molecular weight excluding hydrogens is 220 g/mol. The minimum Gasteiger partial charge on any atom is -0.383 e. The molecule has 0 aliphatic rings. The smallest absolute Gasteiger partial charge is 0.253 e. The van der Waals surface area contributed by atoms with Crippen LogP contribution >= 0.6 is 0 Å². The highest BCUT2D eigenvalue weighted by molar-refractivity contribution is 5.95. The third kappa shape index (κ3) is 3.76. The van der Waals surface area contributed by atoms with E-state index < -0.39 is 0 Å². The molecule has 0 bridgehead atoms. The average Bonchev–Trinajstić information content (AvgIpc) is 2.31. The first kappa shape index (κ1) is 13.5. The second kappa shape index (κ2) is 6.27. The quantitative estimate of drug-likeness (QED) is 0.741. The highest BCUT2D eigenvalue weighted by Crippen LogP contribution is 2.05. The van der Waals surface area contributed by atoms with Gasteiger partial charge >= 0.3 is 0 Å². The molecule has 6 heteroatoms. The summed E-state index contributed by atoms with van der Waals surface area (Å²) in [5.41, 5.74) is 7.35. The van der Waals surface area contributed by atoms with Crippen LogP contribution in [0.25, 0.3) is 0 Å². The zero-order chi connectivity index (χ0) is 12.8. The largest absolute Gasteiger partial charge is 0.383 e. The Bertz CT molecular complexity index is 395. The van der Waals surface area contributed by atoms with Gasteiger partial charge in [-0.2, -0.15) is 10.2 Å². The molecule has 17 heavy (non-hydrogen) atoms. The van der Waals surface area contributed by atoms with Crippen molar-refractivity contribution in [2.24, 2.45) is 5.73 Å². The molecule has 1 rings (SSSR count). The summed E-state index contributed by atoms with van der Waals surface area (Å²) in [6, 6.07) is 1.51. The zero-order valence-corrected chi connectivity index (χ0v) is 10.4. The van der Waals surface area contributed by atoms with Crippen molar-refractivity contribution < 1.29 is 9.53 Å². The highest BCUT2D eigenvalue weighted by Gasteiger charge is 2.15. The van der Waals surface area contributed by atoms with Gasteiger partial charge in [0.1, 0.15) is 0 Å². The van der Waals surface area contributed by atoms with Crippen LogP contribution < -0.4 is 11.1 Å². The molecule has 0 radical (unpaired) electrons. The Morgan fingerprint density at radius 1 is 1.53 bits per heavy atom. The van der Waals surface area contributed by atoms with Gasteiger partial charge in [-0.15, -0.1) is 0 Å². The van der Waals surface area contributed by atoms with E-state index in [0.717, 1.165) is 0 Å². The van der Waals surface area contributed by atoms with Crippen LogP contribution in [0, 0.1) is 13.8 Å².